The van der Waals surface area contributed by atoms with Crippen LogP contribution in [0.4, 0.5) is 10.1 Å². The first-order valence-electron chi connectivity index (χ1n) is 8.24. The van der Waals surface area contributed by atoms with Crippen molar-refractivity contribution in [3.05, 3.63) is 80.9 Å². The molecule has 0 atom stereocenters. The fraction of sp³-hybridized carbons (Fsp3) is 0.150. The first-order valence-corrected chi connectivity index (χ1v) is 8.62. The van der Waals surface area contributed by atoms with Gasteiger partial charge in [0.1, 0.15) is 12.4 Å². The minimum atomic E-state index is -0.575. The lowest BCUT2D eigenvalue weighted by atomic mass is 10.0. The molecule has 3 rings (SSSR count). The van der Waals surface area contributed by atoms with Crippen molar-refractivity contribution in [2.24, 2.45) is 0 Å². The number of halogens is 2. The number of rotatable bonds is 4. The normalized spacial score (nSPS) is 10.7. The molecule has 0 fully saturated rings. The lowest BCUT2D eigenvalue weighted by Gasteiger charge is -2.10. The number of nitrogens with zero attached hydrogens (tertiary/aromatic N) is 2. The van der Waals surface area contributed by atoms with Crippen LogP contribution in [0.1, 0.15) is 11.1 Å². The van der Waals surface area contributed by atoms with Crippen molar-refractivity contribution in [2.45, 2.75) is 20.4 Å². The highest BCUT2D eigenvalue weighted by Gasteiger charge is 2.11. The topological polar surface area (TPSA) is 64.0 Å². The monoisotopic (exact) mass is 385 g/mol. The smallest absolute Gasteiger partial charge is 0.267 e. The number of benzene rings is 2. The summed E-state index contributed by atoms with van der Waals surface area (Å²) in [4.78, 5) is 24.3. The summed E-state index contributed by atoms with van der Waals surface area (Å²) in [7, 11) is 0. The molecule has 5 nitrogen and oxygen atoms in total. The van der Waals surface area contributed by atoms with Gasteiger partial charge in [-0.3, -0.25) is 9.59 Å². The molecule has 0 aliphatic heterocycles. The highest BCUT2D eigenvalue weighted by atomic mass is 35.5. The van der Waals surface area contributed by atoms with Crippen molar-refractivity contribution >= 4 is 23.2 Å². The van der Waals surface area contributed by atoms with Gasteiger partial charge < -0.3 is 5.32 Å². The predicted molar refractivity (Wildman–Crippen MR) is 103 cm³/mol. The Morgan fingerprint density at radius 1 is 1.15 bits per heavy atom. The number of nitrogens with one attached hydrogen (secondary N) is 1. The Labute approximate surface area is 160 Å². The van der Waals surface area contributed by atoms with E-state index in [0.717, 1.165) is 27.4 Å². The third-order valence-corrected chi connectivity index (χ3v) is 4.32. The number of hydrogen-bond acceptors (Lipinski definition) is 3. The first kappa shape index (κ1) is 18.8. The Hall–Kier alpha value is -2.99. The molecular formula is C20H17ClFN3O2. The Balaban J connectivity index is 1.84. The van der Waals surface area contributed by atoms with Crippen LogP contribution in [0.3, 0.4) is 0 Å². The van der Waals surface area contributed by atoms with Gasteiger partial charge in [0.05, 0.1) is 10.7 Å². The average molecular weight is 386 g/mol. The van der Waals surface area contributed by atoms with Gasteiger partial charge in [-0.15, -0.1) is 0 Å². The van der Waals surface area contributed by atoms with Crippen LogP contribution in [0, 0.1) is 19.7 Å². The Morgan fingerprint density at radius 3 is 2.67 bits per heavy atom. The van der Waals surface area contributed by atoms with Crippen LogP contribution in [0.5, 0.6) is 0 Å². The molecule has 0 saturated carbocycles. The second kappa shape index (κ2) is 7.72. The SMILES string of the molecule is Cc1ccc(C)c(-c2ccc(=O)n(CC(=O)Nc3ccc(F)c(Cl)c3)n2)c1. The number of carbonyl (C=O) groups excluding carboxylic acids is 1. The fourth-order valence-electron chi connectivity index (χ4n) is 2.63. The molecule has 1 heterocycles. The van der Waals surface area contributed by atoms with E-state index in [9.17, 15) is 14.0 Å². The van der Waals surface area contributed by atoms with E-state index in [1.54, 1.807) is 6.07 Å². The summed E-state index contributed by atoms with van der Waals surface area (Å²) in [5.41, 5.74) is 3.54. The minimum Gasteiger partial charge on any atom is -0.324 e. The van der Waals surface area contributed by atoms with E-state index in [-0.39, 0.29) is 11.6 Å². The number of hydrogen-bond donors (Lipinski definition) is 1. The molecule has 1 aromatic heterocycles. The Kier molecular flexibility index (Phi) is 5.37. The largest absolute Gasteiger partial charge is 0.324 e. The van der Waals surface area contributed by atoms with Crippen LogP contribution in [-0.4, -0.2) is 15.7 Å². The number of aryl methyl sites for hydroxylation is 2. The molecule has 0 radical (unpaired) electrons. The summed E-state index contributed by atoms with van der Waals surface area (Å²) < 4.78 is 14.3. The van der Waals surface area contributed by atoms with Crippen molar-refractivity contribution in [1.29, 1.82) is 0 Å². The summed E-state index contributed by atoms with van der Waals surface area (Å²) in [5, 5.41) is 6.79. The minimum absolute atomic E-state index is 0.0972. The highest BCUT2D eigenvalue weighted by molar-refractivity contribution is 6.31. The fourth-order valence-corrected chi connectivity index (χ4v) is 2.81. The summed E-state index contributed by atoms with van der Waals surface area (Å²) in [6.45, 7) is 3.66. The van der Waals surface area contributed by atoms with Gasteiger partial charge in [0.15, 0.2) is 0 Å². The number of carbonyl (C=O) groups is 1. The number of anilines is 1. The molecule has 0 aliphatic carbocycles. The molecule has 0 spiro atoms. The van der Waals surface area contributed by atoms with Gasteiger partial charge in [-0.05, 0) is 49.7 Å². The second-order valence-electron chi connectivity index (χ2n) is 6.21. The summed E-state index contributed by atoms with van der Waals surface area (Å²) in [5.74, 6) is -1.04. The maximum absolute atomic E-state index is 13.2. The van der Waals surface area contributed by atoms with E-state index in [4.69, 9.17) is 11.6 Å². The van der Waals surface area contributed by atoms with Gasteiger partial charge in [-0.25, -0.2) is 9.07 Å². The van der Waals surface area contributed by atoms with Crippen molar-refractivity contribution in [3.63, 3.8) is 0 Å². The van der Waals surface area contributed by atoms with E-state index in [2.05, 4.69) is 10.4 Å². The summed E-state index contributed by atoms with van der Waals surface area (Å²) >= 11 is 5.71. The van der Waals surface area contributed by atoms with E-state index < -0.39 is 17.3 Å². The molecule has 0 aliphatic rings. The van der Waals surface area contributed by atoms with Crippen molar-refractivity contribution in [2.75, 3.05) is 5.32 Å². The van der Waals surface area contributed by atoms with E-state index in [0.29, 0.717) is 11.4 Å². The number of amides is 1. The molecule has 1 N–H and O–H groups in total. The quantitative estimate of drug-likeness (QED) is 0.739. The van der Waals surface area contributed by atoms with E-state index in [1.165, 1.54) is 18.2 Å². The third-order valence-electron chi connectivity index (χ3n) is 4.03. The maximum atomic E-state index is 13.2. The van der Waals surface area contributed by atoms with E-state index >= 15 is 0 Å². The molecule has 7 heteroatoms. The molecule has 0 unspecified atom stereocenters. The van der Waals surface area contributed by atoms with Gasteiger partial charge in [0.2, 0.25) is 5.91 Å². The molecule has 2 aromatic carbocycles. The lowest BCUT2D eigenvalue weighted by Crippen LogP contribution is -2.29. The molecule has 3 aromatic rings. The van der Waals surface area contributed by atoms with E-state index in [1.807, 2.05) is 32.0 Å². The zero-order valence-corrected chi connectivity index (χ0v) is 15.5. The van der Waals surface area contributed by atoms with Gasteiger partial charge in [-0.1, -0.05) is 29.3 Å². The molecular weight excluding hydrogens is 369 g/mol. The molecule has 27 heavy (non-hydrogen) atoms. The van der Waals surface area contributed by atoms with Gasteiger partial charge in [-0.2, -0.15) is 5.10 Å². The Morgan fingerprint density at radius 2 is 1.93 bits per heavy atom. The van der Waals surface area contributed by atoms with Crippen LogP contribution < -0.4 is 10.9 Å². The van der Waals surface area contributed by atoms with Crippen LogP contribution in [0.2, 0.25) is 5.02 Å². The summed E-state index contributed by atoms with van der Waals surface area (Å²) in [6, 6.07) is 12.8. The molecule has 138 valence electrons. The first-order chi connectivity index (χ1) is 12.8. The van der Waals surface area contributed by atoms with Crippen LogP contribution in [0.15, 0.2) is 53.3 Å². The maximum Gasteiger partial charge on any atom is 0.267 e. The van der Waals surface area contributed by atoms with Crippen molar-refractivity contribution in [1.82, 2.24) is 9.78 Å². The summed E-state index contributed by atoms with van der Waals surface area (Å²) in [6.07, 6.45) is 0. The van der Waals surface area contributed by atoms with Crippen LogP contribution in [0.25, 0.3) is 11.3 Å². The standard InChI is InChI=1S/C20H17ClFN3O2/c1-12-3-4-13(2)15(9-12)18-7-8-20(27)25(24-18)11-19(26)23-14-5-6-17(22)16(21)10-14/h3-10H,11H2,1-2H3,(H,23,26). The highest BCUT2D eigenvalue weighted by Crippen LogP contribution is 2.22. The third kappa shape index (κ3) is 4.41. The molecule has 0 saturated heterocycles. The van der Waals surface area contributed by atoms with Crippen LogP contribution in [-0.2, 0) is 11.3 Å². The van der Waals surface area contributed by atoms with Gasteiger partial charge >= 0.3 is 0 Å². The zero-order valence-electron chi connectivity index (χ0n) is 14.8. The van der Waals surface area contributed by atoms with Crippen molar-refractivity contribution in [3.8, 4) is 11.3 Å². The Bertz CT molecular complexity index is 1080. The van der Waals surface area contributed by atoms with Crippen molar-refractivity contribution < 1.29 is 9.18 Å². The van der Waals surface area contributed by atoms with Gasteiger partial charge in [0.25, 0.3) is 5.56 Å². The average Bonchev–Trinajstić information content (AvgIpc) is 2.62. The van der Waals surface area contributed by atoms with Gasteiger partial charge in [0, 0.05) is 17.3 Å². The lowest BCUT2D eigenvalue weighted by molar-refractivity contribution is -0.117. The predicted octanol–water partition coefficient (Wildman–Crippen LogP) is 3.96. The molecule has 0 bridgehead atoms. The molecule has 1 amide bonds. The second-order valence-corrected chi connectivity index (χ2v) is 6.62. The van der Waals surface area contributed by atoms with Crippen LogP contribution >= 0.6 is 11.6 Å². The zero-order chi connectivity index (χ0) is 19.6. The number of aromatic nitrogens is 2.